The second kappa shape index (κ2) is 6.43. The van der Waals surface area contributed by atoms with Crippen molar-refractivity contribution in [2.75, 3.05) is 6.61 Å². The molecule has 0 spiro atoms. The number of aryl methyl sites for hydroxylation is 2. The summed E-state index contributed by atoms with van der Waals surface area (Å²) in [6, 6.07) is 11.4. The summed E-state index contributed by atoms with van der Waals surface area (Å²) in [7, 11) is 0. The standard InChI is InChI=1S/C18H17NO3/c20-17-15(12-14-9-4-10-16(14)19-17)18(21)22-11-5-8-13-6-2-1-3-7-13/h1-3,5-8,12H,4,9-11H2,(H,19,20)/b8-5+. The van der Waals surface area contributed by atoms with Gasteiger partial charge in [-0.3, -0.25) is 4.79 Å². The van der Waals surface area contributed by atoms with E-state index < -0.39 is 5.97 Å². The Morgan fingerprint density at radius 3 is 2.86 bits per heavy atom. The minimum absolute atomic E-state index is 0.0914. The van der Waals surface area contributed by atoms with E-state index in [0.717, 1.165) is 36.1 Å². The number of aromatic nitrogens is 1. The fraction of sp³-hybridized carbons (Fsp3) is 0.222. The molecule has 1 aliphatic rings. The largest absolute Gasteiger partial charge is 0.458 e. The predicted molar refractivity (Wildman–Crippen MR) is 84.8 cm³/mol. The molecule has 0 saturated heterocycles. The van der Waals surface area contributed by atoms with Gasteiger partial charge in [-0.15, -0.1) is 0 Å². The number of fused-ring (bicyclic) bond motifs is 1. The third-order valence-corrected chi connectivity index (χ3v) is 3.73. The molecule has 3 rings (SSSR count). The van der Waals surface area contributed by atoms with E-state index in [2.05, 4.69) is 4.98 Å². The fourth-order valence-corrected chi connectivity index (χ4v) is 2.61. The number of carbonyl (C=O) groups is 1. The van der Waals surface area contributed by atoms with Crippen LogP contribution < -0.4 is 5.56 Å². The van der Waals surface area contributed by atoms with Crippen molar-refractivity contribution in [1.82, 2.24) is 4.98 Å². The summed E-state index contributed by atoms with van der Waals surface area (Å²) in [6.45, 7) is 0.143. The number of aromatic amines is 1. The van der Waals surface area contributed by atoms with Gasteiger partial charge in [0.05, 0.1) is 0 Å². The van der Waals surface area contributed by atoms with E-state index in [1.165, 1.54) is 0 Å². The van der Waals surface area contributed by atoms with E-state index in [1.54, 1.807) is 12.1 Å². The van der Waals surface area contributed by atoms with Crippen molar-refractivity contribution in [2.24, 2.45) is 0 Å². The zero-order valence-corrected chi connectivity index (χ0v) is 12.2. The number of rotatable bonds is 4. The molecule has 0 saturated carbocycles. The first-order chi connectivity index (χ1) is 10.7. The van der Waals surface area contributed by atoms with Crippen LogP contribution in [0, 0.1) is 0 Å². The van der Waals surface area contributed by atoms with Crippen LogP contribution in [0.15, 0.2) is 47.3 Å². The zero-order chi connectivity index (χ0) is 15.4. The van der Waals surface area contributed by atoms with E-state index >= 15 is 0 Å². The van der Waals surface area contributed by atoms with Gasteiger partial charge in [0.15, 0.2) is 0 Å². The van der Waals surface area contributed by atoms with Crippen LogP contribution in [0.3, 0.4) is 0 Å². The van der Waals surface area contributed by atoms with Gasteiger partial charge in [-0.05, 0) is 42.5 Å². The zero-order valence-electron chi connectivity index (χ0n) is 12.2. The van der Waals surface area contributed by atoms with Gasteiger partial charge in [0.25, 0.3) is 5.56 Å². The molecule has 0 aliphatic heterocycles. The van der Waals surface area contributed by atoms with Gasteiger partial charge in [0, 0.05) is 5.69 Å². The lowest BCUT2D eigenvalue weighted by Crippen LogP contribution is -2.21. The van der Waals surface area contributed by atoms with Crippen LogP contribution in [0.25, 0.3) is 6.08 Å². The van der Waals surface area contributed by atoms with Crippen LogP contribution in [0.2, 0.25) is 0 Å². The smallest absolute Gasteiger partial charge is 0.344 e. The highest BCUT2D eigenvalue weighted by atomic mass is 16.5. The predicted octanol–water partition coefficient (Wildman–Crippen LogP) is 2.73. The number of benzene rings is 1. The molecule has 22 heavy (non-hydrogen) atoms. The minimum atomic E-state index is -0.575. The molecule has 0 atom stereocenters. The van der Waals surface area contributed by atoms with E-state index in [9.17, 15) is 9.59 Å². The summed E-state index contributed by atoms with van der Waals surface area (Å²) in [5.74, 6) is -0.575. The molecule has 2 aromatic rings. The Kier molecular flexibility index (Phi) is 4.19. The highest BCUT2D eigenvalue weighted by Crippen LogP contribution is 2.19. The van der Waals surface area contributed by atoms with Gasteiger partial charge in [-0.1, -0.05) is 36.4 Å². The number of H-pyrrole nitrogens is 1. The second-order valence-corrected chi connectivity index (χ2v) is 5.28. The van der Waals surface area contributed by atoms with Crippen LogP contribution >= 0.6 is 0 Å². The Morgan fingerprint density at radius 2 is 2.05 bits per heavy atom. The van der Waals surface area contributed by atoms with Gasteiger partial charge >= 0.3 is 5.97 Å². The Hall–Kier alpha value is -2.62. The van der Waals surface area contributed by atoms with E-state index in [0.29, 0.717) is 0 Å². The molecule has 1 aromatic carbocycles. The van der Waals surface area contributed by atoms with Crippen molar-refractivity contribution in [2.45, 2.75) is 19.3 Å². The van der Waals surface area contributed by atoms with Gasteiger partial charge in [0.2, 0.25) is 0 Å². The molecule has 0 fully saturated rings. The highest BCUT2D eigenvalue weighted by molar-refractivity contribution is 5.89. The maximum atomic E-state index is 12.0. The average Bonchev–Trinajstić information content (AvgIpc) is 2.98. The molecule has 0 radical (unpaired) electrons. The van der Waals surface area contributed by atoms with Crippen molar-refractivity contribution in [3.05, 3.63) is 75.2 Å². The summed E-state index contributed by atoms with van der Waals surface area (Å²) >= 11 is 0. The van der Waals surface area contributed by atoms with Gasteiger partial charge < -0.3 is 9.72 Å². The van der Waals surface area contributed by atoms with Gasteiger partial charge in [0.1, 0.15) is 12.2 Å². The number of carbonyl (C=O) groups excluding carboxylic acids is 1. The minimum Gasteiger partial charge on any atom is -0.458 e. The number of pyridine rings is 1. The van der Waals surface area contributed by atoms with Crippen LogP contribution in [-0.2, 0) is 17.6 Å². The summed E-state index contributed by atoms with van der Waals surface area (Å²) < 4.78 is 5.14. The van der Waals surface area contributed by atoms with Crippen molar-refractivity contribution < 1.29 is 9.53 Å². The first-order valence-corrected chi connectivity index (χ1v) is 7.38. The topological polar surface area (TPSA) is 59.2 Å². The lowest BCUT2D eigenvalue weighted by atomic mass is 10.1. The summed E-state index contributed by atoms with van der Waals surface area (Å²) in [5, 5.41) is 0. The molecule has 112 valence electrons. The molecular weight excluding hydrogens is 278 g/mol. The number of hydrogen-bond donors (Lipinski definition) is 1. The molecular formula is C18H17NO3. The van der Waals surface area contributed by atoms with Gasteiger partial charge in [-0.2, -0.15) is 0 Å². The number of nitrogens with one attached hydrogen (secondary N) is 1. The maximum Gasteiger partial charge on any atom is 0.344 e. The third-order valence-electron chi connectivity index (χ3n) is 3.73. The Labute approximate surface area is 128 Å². The second-order valence-electron chi connectivity index (χ2n) is 5.28. The SMILES string of the molecule is O=C(OC/C=C/c1ccccc1)c1cc2c([nH]c1=O)CCC2. The first kappa shape index (κ1) is 14.3. The molecule has 4 heteroatoms. The molecule has 1 aliphatic carbocycles. The molecule has 0 bridgehead atoms. The number of hydrogen-bond acceptors (Lipinski definition) is 3. The third kappa shape index (κ3) is 3.17. The van der Waals surface area contributed by atoms with Crippen molar-refractivity contribution in [3.63, 3.8) is 0 Å². The summed E-state index contributed by atoms with van der Waals surface area (Å²) in [4.78, 5) is 26.7. The molecule has 4 nitrogen and oxygen atoms in total. The van der Waals surface area contributed by atoms with Crippen molar-refractivity contribution in [1.29, 1.82) is 0 Å². The van der Waals surface area contributed by atoms with Crippen LogP contribution in [0.4, 0.5) is 0 Å². The normalized spacial score (nSPS) is 13.3. The summed E-state index contributed by atoms with van der Waals surface area (Å²) in [6.07, 6.45) is 6.43. The monoisotopic (exact) mass is 295 g/mol. The molecule has 0 unspecified atom stereocenters. The van der Waals surface area contributed by atoms with E-state index in [4.69, 9.17) is 4.74 Å². The first-order valence-electron chi connectivity index (χ1n) is 7.38. The van der Waals surface area contributed by atoms with Crippen LogP contribution in [0.1, 0.15) is 33.6 Å². The van der Waals surface area contributed by atoms with Gasteiger partial charge in [-0.25, -0.2) is 4.79 Å². The molecule has 1 heterocycles. The van der Waals surface area contributed by atoms with Crippen molar-refractivity contribution >= 4 is 12.0 Å². The Balaban J connectivity index is 1.63. The molecule has 1 aromatic heterocycles. The molecule has 0 amide bonds. The molecule has 1 N–H and O–H groups in total. The quantitative estimate of drug-likeness (QED) is 0.882. The van der Waals surface area contributed by atoms with E-state index in [-0.39, 0.29) is 17.7 Å². The van der Waals surface area contributed by atoms with Crippen molar-refractivity contribution in [3.8, 4) is 0 Å². The van der Waals surface area contributed by atoms with E-state index in [1.807, 2.05) is 36.4 Å². The highest BCUT2D eigenvalue weighted by Gasteiger charge is 2.18. The lowest BCUT2D eigenvalue weighted by Gasteiger charge is -2.04. The summed E-state index contributed by atoms with van der Waals surface area (Å²) in [5.41, 5.74) is 2.76. The van der Waals surface area contributed by atoms with Crippen LogP contribution in [-0.4, -0.2) is 17.6 Å². The number of esters is 1. The number of ether oxygens (including phenoxy) is 1. The Bertz CT molecular complexity index is 760. The lowest BCUT2D eigenvalue weighted by molar-refractivity contribution is 0.0548. The Morgan fingerprint density at radius 1 is 1.23 bits per heavy atom. The van der Waals surface area contributed by atoms with Crippen LogP contribution in [0.5, 0.6) is 0 Å². The average molecular weight is 295 g/mol. The fourth-order valence-electron chi connectivity index (χ4n) is 2.61. The maximum absolute atomic E-state index is 12.0.